The molecule has 1 aromatic rings. The van der Waals surface area contributed by atoms with Gasteiger partial charge in [0.1, 0.15) is 5.57 Å². The first-order valence-electron chi connectivity index (χ1n) is 6.30. The van der Waals surface area contributed by atoms with E-state index < -0.39 is 16.7 Å². The molecule has 1 aromatic carbocycles. The topological polar surface area (TPSA) is 86.5 Å². The standard InChI is InChI=1S/C15H15NO5/c1-3-5-6-13(15(18)21-4-2)14(17)11-7-9-12(10-8-11)16(19)20/h3,5-10H,4H2,1-2H3/b5-3+,13-6+. The first kappa shape index (κ1) is 16.3. The Bertz CT molecular complexity index is 599. The molecule has 6 heteroatoms. The van der Waals surface area contributed by atoms with Crippen LogP contribution in [-0.2, 0) is 9.53 Å². The number of benzene rings is 1. The molecular weight excluding hydrogens is 274 g/mol. The Hall–Kier alpha value is -2.76. The third-order valence-corrected chi connectivity index (χ3v) is 2.54. The lowest BCUT2D eigenvalue weighted by Crippen LogP contribution is -2.16. The first-order chi connectivity index (χ1) is 10.0. The van der Waals surface area contributed by atoms with Crippen molar-refractivity contribution in [1.82, 2.24) is 0 Å². The van der Waals surface area contributed by atoms with E-state index in [4.69, 9.17) is 4.74 Å². The average molecular weight is 289 g/mol. The smallest absolute Gasteiger partial charge is 0.342 e. The molecule has 0 N–H and O–H groups in total. The van der Waals surface area contributed by atoms with Crippen LogP contribution in [0.25, 0.3) is 0 Å². The number of allylic oxidation sites excluding steroid dienone is 3. The summed E-state index contributed by atoms with van der Waals surface area (Å²) in [6.45, 7) is 3.54. The van der Waals surface area contributed by atoms with Gasteiger partial charge in [-0.2, -0.15) is 0 Å². The quantitative estimate of drug-likeness (QED) is 0.117. The van der Waals surface area contributed by atoms with Gasteiger partial charge in [-0.15, -0.1) is 0 Å². The summed E-state index contributed by atoms with van der Waals surface area (Å²) < 4.78 is 4.84. The summed E-state index contributed by atoms with van der Waals surface area (Å²) in [6, 6.07) is 5.05. The van der Waals surface area contributed by atoms with E-state index in [1.807, 2.05) is 0 Å². The molecule has 0 saturated heterocycles. The van der Waals surface area contributed by atoms with Crippen molar-refractivity contribution in [2.75, 3.05) is 6.61 Å². The molecular formula is C15H15NO5. The summed E-state index contributed by atoms with van der Waals surface area (Å²) >= 11 is 0. The number of rotatable bonds is 6. The number of hydrogen-bond acceptors (Lipinski definition) is 5. The third kappa shape index (κ3) is 4.38. The maximum Gasteiger partial charge on any atom is 0.342 e. The second-order valence-corrected chi connectivity index (χ2v) is 3.96. The Labute approximate surface area is 121 Å². The van der Waals surface area contributed by atoms with Crippen molar-refractivity contribution in [2.24, 2.45) is 0 Å². The molecule has 110 valence electrons. The van der Waals surface area contributed by atoms with E-state index in [0.717, 1.165) is 0 Å². The fourth-order valence-electron chi connectivity index (χ4n) is 1.53. The molecule has 6 nitrogen and oxygen atoms in total. The molecule has 0 unspecified atom stereocenters. The minimum absolute atomic E-state index is 0.121. The number of nitro benzene ring substituents is 1. The lowest BCUT2D eigenvalue weighted by molar-refractivity contribution is -0.384. The van der Waals surface area contributed by atoms with Gasteiger partial charge in [-0.05, 0) is 32.1 Å². The molecule has 0 atom stereocenters. The average Bonchev–Trinajstić information content (AvgIpc) is 2.47. The normalized spacial score (nSPS) is 11.4. The predicted molar refractivity (Wildman–Crippen MR) is 77.0 cm³/mol. The van der Waals surface area contributed by atoms with Crippen LogP contribution in [0.15, 0.2) is 48.1 Å². The highest BCUT2D eigenvalue weighted by molar-refractivity contribution is 6.24. The lowest BCUT2D eigenvalue weighted by atomic mass is 10.0. The fourth-order valence-corrected chi connectivity index (χ4v) is 1.53. The minimum atomic E-state index is -0.723. The molecule has 1 rings (SSSR count). The van der Waals surface area contributed by atoms with E-state index in [1.54, 1.807) is 26.0 Å². The van der Waals surface area contributed by atoms with Gasteiger partial charge >= 0.3 is 5.97 Å². The molecule has 0 aromatic heterocycles. The van der Waals surface area contributed by atoms with Crippen LogP contribution >= 0.6 is 0 Å². The number of nitrogens with zero attached hydrogens (tertiary/aromatic N) is 1. The van der Waals surface area contributed by atoms with Crippen LogP contribution in [0, 0.1) is 10.1 Å². The summed E-state index contributed by atoms with van der Waals surface area (Å²) in [5.74, 6) is -1.26. The van der Waals surface area contributed by atoms with Gasteiger partial charge in [0.15, 0.2) is 5.78 Å². The van der Waals surface area contributed by atoms with Crippen molar-refractivity contribution in [1.29, 1.82) is 0 Å². The van der Waals surface area contributed by atoms with Crippen molar-refractivity contribution < 1.29 is 19.2 Å². The molecule has 0 bridgehead atoms. The van der Waals surface area contributed by atoms with E-state index in [2.05, 4.69) is 0 Å². The molecule has 0 heterocycles. The molecule has 0 amide bonds. The van der Waals surface area contributed by atoms with Gasteiger partial charge in [0, 0.05) is 17.7 Å². The highest BCUT2D eigenvalue weighted by Gasteiger charge is 2.21. The second kappa shape index (κ2) is 7.74. The number of ether oxygens (including phenoxy) is 1. The van der Waals surface area contributed by atoms with E-state index in [9.17, 15) is 19.7 Å². The number of carbonyl (C=O) groups excluding carboxylic acids is 2. The zero-order valence-corrected chi connectivity index (χ0v) is 11.7. The van der Waals surface area contributed by atoms with Gasteiger partial charge in [-0.25, -0.2) is 4.79 Å². The van der Waals surface area contributed by atoms with E-state index in [-0.39, 0.29) is 23.4 Å². The number of nitro groups is 1. The molecule has 0 saturated carbocycles. The maximum atomic E-state index is 12.3. The Kier molecular flexibility index (Phi) is 6.00. The Morgan fingerprint density at radius 1 is 1.29 bits per heavy atom. The highest BCUT2D eigenvalue weighted by Crippen LogP contribution is 2.16. The van der Waals surface area contributed by atoms with Gasteiger partial charge in [0.05, 0.1) is 11.5 Å². The molecule has 0 aliphatic heterocycles. The van der Waals surface area contributed by atoms with Crippen molar-refractivity contribution in [3.05, 3.63) is 63.7 Å². The van der Waals surface area contributed by atoms with Gasteiger partial charge in [-0.3, -0.25) is 14.9 Å². The van der Waals surface area contributed by atoms with Crippen molar-refractivity contribution in [3.8, 4) is 0 Å². The van der Waals surface area contributed by atoms with Crippen molar-refractivity contribution in [3.63, 3.8) is 0 Å². The number of carbonyl (C=O) groups is 2. The van der Waals surface area contributed by atoms with Crippen LogP contribution < -0.4 is 0 Å². The number of non-ortho nitro benzene ring substituents is 1. The summed E-state index contributed by atoms with van der Waals surface area (Å²) in [5, 5.41) is 10.6. The molecule has 0 aliphatic carbocycles. The predicted octanol–water partition coefficient (Wildman–Crippen LogP) is 2.84. The van der Waals surface area contributed by atoms with E-state index in [0.29, 0.717) is 0 Å². The minimum Gasteiger partial charge on any atom is -0.462 e. The highest BCUT2D eigenvalue weighted by atomic mass is 16.6. The van der Waals surface area contributed by atoms with E-state index in [1.165, 1.54) is 30.3 Å². The van der Waals surface area contributed by atoms with Gasteiger partial charge < -0.3 is 4.74 Å². The summed E-state index contributed by atoms with van der Waals surface area (Å²) in [5.41, 5.74) is -0.0603. The summed E-state index contributed by atoms with van der Waals surface area (Å²) in [6.07, 6.45) is 4.58. The number of esters is 1. The van der Waals surface area contributed by atoms with E-state index >= 15 is 0 Å². The van der Waals surface area contributed by atoms with Gasteiger partial charge in [0.2, 0.25) is 0 Å². The lowest BCUT2D eigenvalue weighted by Gasteiger charge is -2.05. The van der Waals surface area contributed by atoms with Gasteiger partial charge in [0.25, 0.3) is 5.69 Å². The zero-order chi connectivity index (χ0) is 15.8. The molecule has 0 radical (unpaired) electrons. The summed E-state index contributed by atoms with van der Waals surface area (Å²) in [4.78, 5) is 34.1. The number of ketones is 1. The van der Waals surface area contributed by atoms with Crippen molar-refractivity contribution >= 4 is 17.4 Å². The van der Waals surface area contributed by atoms with Gasteiger partial charge in [-0.1, -0.05) is 12.2 Å². The maximum absolute atomic E-state index is 12.3. The SMILES string of the molecule is C/C=C/C=C(/C(=O)OCC)C(=O)c1ccc([N+](=O)[O-])cc1. The van der Waals surface area contributed by atoms with Crippen LogP contribution in [0.1, 0.15) is 24.2 Å². The monoisotopic (exact) mass is 289 g/mol. The molecule has 0 fully saturated rings. The first-order valence-corrected chi connectivity index (χ1v) is 6.30. The van der Waals surface area contributed by atoms with Crippen LogP contribution in [-0.4, -0.2) is 23.3 Å². The molecule has 0 aliphatic rings. The molecule has 0 spiro atoms. The van der Waals surface area contributed by atoms with Crippen LogP contribution in [0.3, 0.4) is 0 Å². The largest absolute Gasteiger partial charge is 0.462 e. The van der Waals surface area contributed by atoms with Crippen LogP contribution in [0.5, 0.6) is 0 Å². The number of hydrogen-bond donors (Lipinski definition) is 0. The second-order valence-electron chi connectivity index (χ2n) is 3.96. The zero-order valence-electron chi connectivity index (χ0n) is 11.7. The third-order valence-electron chi connectivity index (χ3n) is 2.54. The Morgan fingerprint density at radius 2 is 1.90 bits per heavy atom. The fraction of sp³-hybridized carbons (Fsp3) is 0.200. The Balaban J connectivity index is 3.10. The summed E-state index contributed by atoms with van der Waals surface area (Å²) in [7, 11) is 0. The number of Topliss-reactive ketones (excluding diaryl/α,β-unsaturated/α-hetero) is 1. The molecule has 21 heavy (non-hydrogen) atoms. The Morgan fingerprint density at radius 3 is 2.38 bits per heavy atom. The van der Waals surface area contributed by atoms with Crippen LogP contribution in [0.2, 0.25) is 0 Å². The van der Waals surface area contributed by atoms with Crippen molar-refractivity contribution in [2.45, 2.75) is 13.8 Å². The van der Waals surface area contributed by atoms with Crippen LogP contribution in [0.4, 0.5) is 5.69 Å².